The van der Waals surface area contributed by atoms with Crippen molar-refractivity contribution in [3.05, 3.63) is 12.2 Å². The van der Waals surface area contributed by atoms with Crippen LogP contribution in [0, 0.1) is 17.3 Å². The first-order valence-corrected chi connectivity index (χ1v) is 5.74. The molecule has 0 saturated heterocycles. The number of aliphatic hydroxyl groups excluding tert-OH is 1. The molecule has 0 spiro atoms. The Morgan fingerprint density at radius 3 is 2.60 bits per heavy atom. The van der Waals surface area contributed by atoms with E-state index in [2.05, 4.69) is 13.8 Å². The zero-order valence-corrected chi connectivity index (χ0v) is 10.2. The van der Waals surface area contributed by atoms with E-state index in [4.69, 9.17) is 0 Å². The van der Waals surface area contributed by atoms with Crippen LogP contribution in [-0.2, 0) is 4.79 Å². The Kier molecular flexibility index (Phi) is 3.72. The molecular weight excluding hydrogens is 188 g/mol. The summed E-state index contributed by atoms with van der Waals surface area (Å²) in [4.78, 5) is 12.0. The van der Waals surface area contributed by atoms with Gasteiger partial charge in [0, 0.05) is 5.92 Å². The van der Waals surface area contributed by atoms with Gasteiger partial charge in [0.1, 0.15) is 0 Å². The monoisotopic (exact) mass is 210 g/mol. The van der Waals surface area contributed by atoms with E-state index in [0.717, 1.165) is 12.8 Å². The van der Waals surface area contributed by atoms with Crippen LogP contribution in [0.25, 0.3) is 0 Å². The van der Waals surface area contributed by atoms with Gasteiger partial charge in [0.15, 0.2) is 5.78 Å². The first-order chi connectivity index (χ1) is 6.90. The second-order valence-corrected chi connectivity index (χ2v) is 5.33. The molecule has 0 aromatic heterocycles. The number of rotatable bonds is 2. The molecule has 1 N–H and O–H groups in total. The van der Waals surface area contributed by atoms with Crippen molar-refractivity contribution >= 4 is 5.78 Å². The minimum Gasteiger partial charge on any atom is -0.393 e. The molecular formula is C13H22O2. The summed E-state index contributed by atoms with van der Waals surface area (Å²) in [5.74, 6) is 0.184. The lowest BCUT2D eigenvalue weighted by Gasteiger charge is -2.43. The van der Waals surface area contributed by atoms with Crippen LogP contribution in [0.1, 0.15) is 40.5 Å². The number of hydrogen-bond donors (Lipinski definition) is 1. The number of allylic oxidation sites excluding steroid dienone is 2. The van der Waals surface area contributed by atoms with E-state index in [9.17, 15) is 9.90 Å². The van der Waals surface area contributed by atoms with Crippen LogP contribution >= 0.6 is 0 Å². The summed E-state index contributed by atoms with van der Waals surface area (Å²) in [6.07, 6.45) is 4.84. The van der Waals surface area contributed by atoms with Crippen molar-refractivity contribution in [1.29, 1.82) is 0 Å². The molecule has 1 fully saturated rings. The number of carbonyl (C=O) groups is 1. The second kappa shape index (κ2) is 4.48. The molecule has 3 unspecified atom stereocenters. The van der Waals surface area contributed by atoms with E-state index in [-0.39, 0.29) is 29.1 Å². The molecule has 1 aliphatic carbocycles. The summed E-state index contributed by atoms with van der Waals surface area (Å²) < 4.78 is 0. The third-order valence-corrected chi connectivity index (χ3v) is 3.70. The molecule has 0 radical (unpaired) electrons. The Labute approximate surface area is 92.4 Å². The van der Waals surface area contributed by atoms with Gasteiger partial charge in [-0.15, -0.1) is 0 Å². The van der Waals surface area contributed by atoms with E-state index in [0.29, 0.717) is 0 Å². The largest absolute Gasteiger partial charge is 0.393 e. The van der Waals surface area contributed by atoms with Gasteiger partial charge in [0.2, 0.25) is 0 Å². The number of ketones is 1. The molecule has 3 atom stereocenters. The fourth-order valence-corrected chi connectivity index (χ4v) is 2.78. The molecule has 86 valence electrons. The third kappa shape index (κ3) is 2.49. The molecule has 0 amide bonds. The fraction of sp³-hybridized carbons (Fsp3) is 0.769. The topological polar surface area (TPSA) is 37.3 Å². The Balaban J connectivity index is 2.92. The maximum absolute atomic E-state index is 12.0. The highest BCUT2D eigenvalue weighted by atomic mass is 16.3. The van der Waals surface area contributed by atoms with Crippen LogP contribution in [0.5, 0.6) is 0 Å². The molecule has 0 bridgehead atoms. The van der Waals surface area contributed by atoms with Crippen molar-refractivity contribution in [3.63, 3.8) is 0 Å². The normalized spacial score (nSPS) is 35.7. The van der Waals surface area contributed by atoms with Crippen LogP contribution < -0.4 is 0 Å². The van der Waals surface area contributed by atoms with Crippen LogP contribution in [0.4, 0.5) is 0 Å². The Hall–Kier alpha value is -0.630. The summed E-state index contributed by atoms with van der Waals surface area (Å²) in [6.45, 7) is 8.09. The van der Waals surface area contributed by atoms with E-state index < -0.39 is 0 Å². The van der Waals surface area contributed by atoms with Gasteiger partial charge in [-0.2, -0.15) is 0 Å². The standard InChI is InChI=1S/C13H22O2/c1-5-6-11(15)12-9(2)10(14)7-8-13(12,3)4/h5-6,9-10,12,14H,7-8H2,1-4H3/b6-5+. The maximum Gasteiger partial charge on any atom is 0.159 e. The molecule has 0 heterocycles. The Morgan fingerprint density at radius 2 is 2.07 bits per heavy atom. The van der Waals surface area contributed by atoms with Gasteiger partial charge in [-0.25, -0.2) is 0 Å². The van der Waals surface area contributed by atoms with Crippen LogP contribution in [0.2, 0.25) is 0 Å². The smallest absolute Gasteiger partial charge is 0.159 e. The lowest BCUT2D eigenvalue weighted by Crippen LogP contribution is -2.44. The maximum atomic E-state index is 12.0. The highest BCUT2D eigenvalue weighted by Crippen LogP contribution is 2.44. The second-order valence-electron chi connectivity index (χ2n) is 5.33. The van der Waals surface area contributed by atoms with E-state index in [1.165, 1.54) is 0 Å². The summed E-state index contributed by atoms with van der Waals surface area (Å²) in [6, 6.07) is 0. The minimum absolute atomic E-state index is 0.00917. The van der Waals surface area contributed by atoms with Crippen LogP contribution in [-0.4, -0.2) is 17.0 Å². The van der Waals surface area contributed by atoms with Crippen molar-refractivity contribution in [1.82, 2.24) is 0 Å². The Morgan fingerprint density at radius 1 is 1.47 bits per heavy atom. The first kappa shape index (κ1) is 12.4. The van der Waals surface area contributed by atoms with Gasteiger partial charge in [-0.3, -0.25) is 4.79 Å². The number of carbonyl (C=O) groups excluding carboxylic acids is 1. The quantitative estimate of drug-likeness (QED) is 0.711. The lowest BCUT2D eigenvalue weighted by atomic mass is 9.61. The average molecular weight is 210 g/mol. The van der Waals surface area contributed by atoms with Gasteiger partial charge in [-0.05, 0) is 37.2 Å². The van der Waals surface area contributed by atoms with Gasteiger partial charge in [-0.1, -0.05) is 26.8 Å². The van der Waals surface area contributed by atoms with Crippen molar-refractivity contribution < 1.29 is 9.90 Å². The van der Waals surface area contributed by atoms with E-state index in [1.54, 1.807) is 12.2 Å². The lowest BCUT2D eigenvalue weighted by molar-refractivity contribution is -0.130. The highest BCUT2D eigenvalue weighted by molar-refractivity contribution is 5.92. The minimum atomic E-state index is -0.322. The third-order valence-electron chi connectivity index (χ3n) is 3.70. The Bertz CT molecular complexity index is 266. The van der Waals surface area contributed by atoms with Gasteiger partial charge in [0.25, 0.3) is 0 Å². The molecule has 1 saturated carbocycles. The fourth-order valence-electron chi connectivity index (χ4n) is 2.78. The van der Waals surface area contributed by atoms with Gasteiger partial charge >= 0.3 is 0 Å². The van der Waals surface area contributed by atoms with Crippen LogP contribution in [0.15, 0.2) is 12.2 Å². The zero-order chi connectivity index (χ0) is 11.6. The van der Waals surface area contributed by atoms with Crippen LogP contribution in [0.3, 0.4) is 0 Å². The van der Waals surface area contributed by atoms with Crippen molar-refractivity contribution in [3.8, 4) is 0 Å². The van der Waals surface area contributed by atoms with Gasteiger partial charge < -0.3 is 5.11 Å². The molecule has 1 aliphatic rings. The molecule has 0 aromatic carbocycles. The zero-order valence-electron chi connectivity index (χ0n) is 10.2. The molecule has 1 rings (SSSR count). The SMILES string of the molecule is C/C=C/C(=O)C1C(C)C(O)CCC1(C)C. The van der Waals surface area contributed by atoms with Crippen molar-refractivity contribution in [2.75, 3.05) is 0 Å². The summed E-state index contributed by atoms with van der Waals surface area (Å²) in [7, 11) is 0. The molecule has 2 nitrogen and oxygen atoms in total. The summed E-state index contributed by atoms with van der Waals surface area (Å²) >= 11 is 0. The molecule has 15 heavy (non-hydrogen) atoms. The molecule has 2 heteroatoms. The highest BCUT2D eigenvalue weighted by Gasteiger charge is 2.44. The molecule has 0 aliphatic heterocycles. The summed E-state index contributed by atoms with van der Waals surface area (Å²) in [5.41, 5.74) is 0.00917. The van der Waals surface area contributed by atoms with Crippen molar-refractivity contribution in [2.45, 2.75) is 46.6 Å². The van der Waals surface area contributed by atoms with E-state index >= 15 is 0 Å². The van der Waals surface area contributed by atoms with Crippen molar-refractivity contribution in [2.24, 2.45) is 17.3 Å². The number of hydrogen-bond acceptors (Lipinski definition) is 2. The summed E-state index contributed by atoms with van der Waals surface area (Å²) in [5, 5.41) is 9.82. The first-order valence-electron chi connectivity index (χ1n) is 5.74. The van der Waals surface area contributed by atoms with Gasteiger partial charge in [0.05, 0.1) is 6.10 Å². The molecule has 0 aromatic rings. The predicted octanol–water partition coefficient (Wildman–Crippen LogP) is 2.56. The number of aliphatic hydroxyl groups is 1. The average Bonchev–Trinajstić information content (AvgIpc) is 2.12. The van der Waals surface area contributed by atoms with E-state index in [1.807, 2.05) is 13.8 Å². The predicted molar refractivity (Wildman–Crippen MR) is 61.5 cm³/mol.